The Hall–Kier alpha value is -1.01. The van der Waals surface area contributed by atoms with Gasteiger partial charge in [0.25, 0.3) is 0 Å². The Morgan fingerprint density at radius 3 is 2.71 bits per heavy atom. The van der Waals surface area contributed by atoms with E-state index in [9.17, 15) is 4.79 Å². The van der Waals surface area contributed by atoms with Crippen molar-refractivity contribution in [1.29, 1.82) is 0 Å². The van der Waals surface area contributed by atoms with Gasteiger partial charge in [-0.05, 0) is 31.3 Å². The lowest BCUT2D eigenvalue weighted by Gasteiger charge is -2.37. The Bertz CT molecular complexity index is 272. The van der Waals surface area contributed by atoms with E-state index < -0.39 is 0 Å². The normalized spacial score (nSPS) is 26.1. The lowest BCUT2D eigenvalue weighted by molar-refractivity contribution is -0.119. The third-order valence-electron chi connectivity index (χ3n) is 3.43. The summed E-state index contributed by atoms with van der Waals surface area (Å²) >= 11 is 0. The molecular weight excluding hydrogens is 176 g/mol. The Morgan fingerprint density at radius 1 is 1.50 bits per heavy atom. The Balaban J connectivity index is 1.90. The van der Waals surface area contributed by atoms with Crippen LogP contribution < -0.4 is 5.32 Å². The molecule has 1 spiro atoms. The molecule has 76 valence electrons. The van der Waals surface area contributed by atoms with Gasteiger partial charge < -0.3 is 5.32 Å². The molecule has 3 heteroatoms. The number of carbonyl (C=O) groups is 1. The Morgan fingerprint density at radius 2 is 2.21 bits per heavy atom. The van der Waals surface area contributed by atoms with Gasteiger partial charge in [-0.1, -0.05) is 5.92 Å². The van der Waals surface area contributed by atoms with Gasteiger partial charge in [-0.3, -0.25) is 9.69 Å². The number of rotatable bonds is 1. The second-order valence-corrected chi connectivity index (χ2v) is 4.43. The fourth-order valence-corrected chi connectivity index (χ4v) is 2.42. The highest BCUT2D eigenvalue weighted by Crippen LogP contribution is 2.37. The molecule has 2 fully saturated rings. The van der Waals surface area contributed by atoms with Crippen LogP contribution in [0, 0.1) is 17.8 Å². The van der Waals surface area contributed by atoms with E-state index in [4.69, 9.17) is 6.42 Å². The summed E-state index contributed by atoms with van der Waals surface area (Å²) in [6.45, 7) is 3.70. The van der Waals surface area contributed by atoms with Gasteiger partial charge in [0, 0.05) is 13.0 Å². The summed E-state index contributed by atoms with van der Waals surface area (Å²) in [4.78, 5) is 13.5. The van der Waals surface area contributed by atoms with Crippen LogP contribution in [0.2, 0.25) is 0 Å². The van der Waals surface area contributed by atoms with Crippen LogP contribution in [0.15, 0.2) is 0 Å². The van der Waals surface area contributed by atoms with Gasteiger partial charge in [-0.15, -0.1) is 6.42 Å². The van der Waals surface area contributed by atoms with Crippen molar-refractivity contribution in [2.45, 2.75) is 19.3 Å². The average molecular weight is 192 g/mol. The first-order chi connectivity index (χ1) is 6.74. The Kier molecular flexibility index (Phi) is 2.47. The number of piperidine rings is 1. The predicted octanol–water partition coefficient (Wildman–Crippen LogP) is 0.222. The first kappa shape index (κ1) is 9.54. The molecule has 3 nitrogen and oxygen atoms in total. The molecule has 2 aliphatic heterocycles. The van der Waals surface area contributed by atoms with E-state index in [1.807, 2.05) is 0 Å². The van der Waals surface area contributed by atoms with E-state index in [2.05, 4.69) is 16.1 Å². The van der Waals surface area contributed by atoms with Crippen molar-refractivity contribution in [3.63, 3.8) is 0 Å². The summed E-state index contributed by atoms with van der Waals surface area (Å²) in [6, 6.07) is 0. The highest BCUT2D eigenvalue weighted by Gasteiger charge is 2.40. The van der Waals surface area contributed by atoms with Crippen molar-refractivity contribution in [1.82, 2.24) is 10.2 Å². The maximum atomic E-state index is 11.2. The van der Waals surface area contributed by atoms with Gasteiger partial charge >= 0.3 is 0 Å². The molecule has 0 bridgehead atoms. The number of terminal acetylenes is 1. The smallest absolute Gasteiger partial charge is 0.220 e. The summed E-state index contributed by atoms with van der Waals surface area (Å²) in [5.41, 5.74) is 0.252. The summed E-state index contributed by atoms with van der Waals surface area (Å²) in [5, 5.41) is 2.93. The lowest BCUT2D eigenvalue weighted by atomic mass is 9.78. The molecule has 2 heterocycles. The number of hydrogen-bond donors (Lipinski definition) is 1. The minimum atomic E-state index is 0.218. The monoisotopic (exact) mass is 192 g/mol. The van der Waals surface area contributed by atoms with Gasteiger partial charge in [-0.25, -0.2) is 0 Å². The van der Waals surface area contributed by atoms with E-state index >= 15 is 0 Å². The number of likely N-dealkylation sites (tertiary alicyclic amines) is 1. The Labute approximate surface area is 84.8 Å². The molecule has 1 amide bonds. The molecule has 14 heavy (non-hydrogen) atoms. The lowest BCUT2D eigenvalue weighted by Crippen LogP contribution is -2.41. The summed E-state index contributed by atoms with van der Waals surface area (Å²) in [5.74, 6) is 2.89. The van der Waals surface area contributed by atoms with Crippen LogP contribution in [0.4, 0.5) is 0 Å². The quantitative estimate of drug-likeness (QED) is 0.603. The van der Waals surface area contributed by atoms with Crippen molar-refractivity contribution in [3.05, 3.63) is 0 Å². The molecule has 2 rings (SSSR count). The van der Waals surface area contributed by atoms with Crippen LogP contribution in [0.25, 0.3) is 0 Å². The molecule has 0 radical (unpaired) electrons. The minimum Gasteiger partial charge on any atom is -0.356 e. The average Bonchev–Trinajstić information content (AvgIpc) is 2.53. The van der Waals surface area contributed by atoms with Gasteiger partial charge in [0.15, 0.2) is 0 Å². The molecule has 0 unspecified atom stereocenters. The van der Waals surface area contributed by atoms with Crippen LogP contribution in [0.3, 0.4) is 0 Å². The summed E-state index contributed by atoms with van der Waals surface area (Å²) < 4.78 is 0. The highest BCUT2D eigenvalue weighted by molar-refractivity contribution is 5.79. The van der Waals surface area contributed by atoms with Crippen molar-refractivity contribution in [3.8, 4) is 12.3 Å². The van der Waals surface area contributed by atoms with Crippen molar-refractivity contribution in [2.75, 3.05) is 26.2 Å². The molecule has 0 aromatic heterocycles. The number of nitrogens with one attached hydrogen (secondary N) is 1. The second-order valence-electron chi connectivity index (χ2n) is 4.43. The van der Waals surface area contributed by atoms with E-state index in [1.54, 1.807) is 0 Å². The fraction of sp³-hybridized carbons (Fsp3) is 0.727. The van der Waals surface area contributed by atoms with E-state index in [0.29, 0.717) is 0 Å². The molecule has 2 saturated heterocycles. The van der Waals surface area contributed by atoms with Gasteiger partial charge in [-0.2, -0.15) is 0 Å². The maximum Gasteiger partial charge on any atom is 0.220 e. The van der Waals surface area contributed by atoms with Crippen LogP contribution >= 0.6 is 0 Å². The van der Waals surface area contributed by atoms with Gasteiger partial charge in [0.2, 0.25) is 5.91 Å². The molecule has 1 N–H and O–H groups in total. The summed E-state index contributed by atoms with van der Waals surface area (Å²) in [6.07, 6.45) is 8.20. The SMILES string of the molecule is C#CCN1CCC2(CC1)CNC(=O)C2. The molecular formula is C11H16N2O. The number of nitrogens with zero attached hydrogens (tertiary/aromatic N) is 1. The van der Waals surface area contributed by atoms with Crippen molar-refractivity contribution < 1.29 is 4.79 Å². The topological polar surface area (TPSA) is 32.3 Å². The standard InChI is InChI=1S/C11H16N2O/c1-2-5-13-6-3-11(4-7-13)8-10(14)12-9-11/h1H,3-9H2,(H,12,14). The maximum absolute atomic E-state index is 11.2. The molecule has 2 aliphatic rings. The number of hydrogen-bond acceptors (Lipinski definition) is 2. The van der Waals surface area contributed by atoms with Crippen molar-refractivity contribution >= 4 is 5.91 Å². The number of amides is 1. The largest absolute Gasteiger partial charge is 0.356 e. The minimum absolute atomic E-state index is 0.218. The van der Waals surface area contributed by atoms with Gasteiger partial charge in [0.05, 0.1) is 6.54 Å². The fourth-order valence-electron chi connectivity index (χ4n) is 2.42. The van der Waals surface area contributed by atoms with Crippen LogP contribution in [-0.2, 0) is 4.79 Å². The molecule has 0 atom stereocenters. The zero-order valence-corrected chi connectivity index (χ0v) is 8.38. The first-order valence-corrected chi connectivity index (χ1v) is 5.17. The van der Waals surface area contributed by atoms with Gasteiger partial charge in [0.1, 0.15) is 0 Å². The first-order valence-electron chi connectivity index (χ1n) is 5.17. The third kappa shape index (κ3) is 1.76. The zero-order valence-electron chi connectivity index (χ0n) is 8.38. The summed E-state index contributed by atoms with van der Waals surface area (Å²) in [7, 11) is 0. The van der Waals surface area contributed by atoms with Crippen LogP contribution in [0.5, 0.6) is 0 Å². The van der Waals surface area contributed by atoms with E-state index in [1.165, 1.54) is 0 Å². The predicted molar refractivity (Wildman–Crippen MR) is 54.6 cm³/mol. The van der Waals surface area contributed by atoms with E-state index in [-0.39, 0.29) is 11.3 Å². The second kappa shape index (κ2) is 3.62. The van der Waals surface area contributed by atoms with Crippen molar-refractivity contribution in [2.24, 2.45) is 5.41 Å². The molecule has 0 saturated carbocycles. The molecule has 0 aromatic carbocycles. The highest BCUT2D eigenvalue weighted by atomic mass is 16.1. The molecule has 0 aromatic rings. The van der Waals surface area contributed by atoms with Crippen LogP contribution in [0.1, 0.15) is 19.3 Å². The number of carbonyl (C=O) groups excluding carboxylic acids is 1. The van der Waals surface area contributed by atoms with E-state index in [0.717, 1.165) is 45.4 Å². The van der Waals surface area contributed by atoms with Crippen LogP contribution in [-0.4, -0.2) is 37.0 Å². The third-order valence-corrected chi connectivity index (χ3v) is 3.43. The zero-order chi connectivity index (χ0) is 10.0. The molecule has 0 aliphatic carbocycles.